The first-order valence-electron chi connectivity index (χ1n) is 10.5. The summed E-state index contributed by atoms with van der Waals surface area (Å²) in [4.78, 5) is 43.2. The van der Waals surface area contributed by atoms with E-state index >= 15 is 0 Å². The number of nitrogens with zero attached hydrogens (tertiary/aromatic N) is 2. The molecule has 0 radical (unpaired) electrons. The smallest absolute Gasteiger partial charge is 0.293 e. The van der Waals surface area contributed by atoms with Crippen LogP contribution >= 0.6 is 11.8 Å². The summed E-state index contributed by atoms with van der Waals surface area (Å²) >= 11 is 0.763. The lowest BCUT2D eigenvalue weighted by atomic mass is 9.99. The fourth-order valence-corrected chi connectivity index (χ4v) is 4.64. The number of rotatable bonds is 6. The molecule has 1 aliphatic rings. The fourth-order valence-electron chi connectivity index (χ4n) is 3.79. The molecule has 6 nitrogen and oxygen atoms in total. The van der Waals surface area contributed by atoms with E-state index in [4.69, 9.17) is 0 Å². The van der Waals surface area contributed by atoms with Gasteiger partial charge in [-0.05, 0) is 54.9 Å². The maximum Gasteiger partial charge on any atom is 0.293 e. The maximum atomic E-state index is 13.9. The Morgan fingerprint density at radius 1 is 1.12 bits per heavy atom. The van der Waals surface area contributed by atoms with Crippen molar-refractivity contribution in [3.8, 4) is 0 Å². The number of aryl methyl sites for hydroxylation is 2. The van der Waals surface area contributed by atoms with Gasteiger partial charge in [0, 0.05) is 29.7 Å². The first kappa shape index (κ1) is 22.7. The molecule has 2 aromatic carbocycles. The minimum absolute atomic E-state index is 0.0406. The van der Waals surface area contributed by atoms with E-state index in [0.29, 0.717) is 0 Å². The number of nitrogens with one attached hydrogen (secondary N) is 1. The Balaban J connectivity index is 1.37. The maximum absolute atomic E-state index is 13.9. The third-order valence-electron chi connectivity index (χ3n) is 5.55. The summed E-state index contributed by atoms with van der Waals surface area (Å²) in [5.41, 5.74) is 3.80. The largest absolute Gasteiger partial charge is 0.354 e. The van der Waals surface area contributed by atoms with Crippen molar-refractivity contribution in [3.63, 3.8) is 0 Å². The molecule has 33 heavy (non-hydrogen) atoms. The summed E-state index contributed by atoms with van der Waals surface area (Å²) in [5, 5.41) is 3.34. The number of fused-ring (bicyclic) bond motifs is 1. The van der Waals surface area contributed by atoms with Crippen LogP contribution in [-0.4, -0.2) is 40.0 Å². The molecule has 2 heterocycles. The Kier molecular flexibility index (Phi) is 6.55. The predicted molar refractivity (Wildman–Crippen MR) is 127 cm³/mol. The molecule has 8 heteroatoms. The molecule has 0 atom stereocenters. The molecule has 0 saturated carbocycles. The van der Waals surface area contributed by atoms with Gasteiger partial charge in [0.15, 0.2) is 0 Å². The van der Waals surface area contributed by atoms with Crippen LogP contribution in [0.25, 0.3) is 17.0 Å². The Bertz CT molecular complexity index is 1310. The molecule has 0 spiro atoms. The Hall–Kier alpha value is -3.52. The molecule has 0 bridgehead atoms. The van der Waals surface area contributed by atoms with Crippen molar-refractivity contribution in [3.05, 3.63) is 81.6 Å². The number of halogens is 1. The topological polar surface area (TPSA) is 79.4 Å². The van der Waals surface area contributed by atoms with Crippen molar-refractivity contribution in [1.29, 1.82) is 0 Å². The second-order valence-corrected chi connectivity index (χ2v) is 8.69. The van der Waals surface area contributed by atoms with Crippen LogP contribution in [-0.2, 0) is 16.0 Å². The summed E-state index contributed by atoms with van der Waals surface area (Å²) in [5.74, 6) is -1.18. The molecule has 3 amide bonds. The van der Waals surface area contributed by atoms with Crippen molar-refractivity contribution < 1.29 is 18.8 Å². The van der Waals surface area contributed by atoms with Crippen LogP contribution < -0.4 is 5.32 Å². The van der Waals surface area contributed by atoms with Gasteiger partial charge in [0.25, 0.3) is 11.1 Å². The molecular formula is C25H22FN3O3S. The van der Waals surface area contributed by atoms with Crippen molar-refractivity contribution in [2.24, 2.45) is 0 Å². The zero-order valence-electron chi connectivity index (χ0n) is 18.2. The van der Waals surface area contributed by atoms with Gasteiger partial charge in [-0.25, -0.2) is 4.39 Å². The molecular weight excluding hydrogens is 441 g/mol. The van der Waals surface area contributed by atoms with Gasteiger partial charge in [-0.15, -0.1) is 0 Å². The lowest BCUT2D eigenvalue weighted by Crippen LogP contribution is -2.37. The van der Waals surface area contributed by atoms with Crippen LogP contribution in [0.15, 0.2) is 53.4 Å². The number of carbonyl (C=O) groups excluding carboxylic acids is 3. The molecule has 1 saturated heterocycles. The minimum atomic E-state index is -0.493. The van der Waals surface area contributed by atoms with Crippen LogP contribution in [0.4, 0.5) is 9.18 Å². The van der Waals surface area contributed by atoms with E-state index in [2.05, 4.69) is 10.3 Å². The number of aromatic nitrogens is 1. The number of pyridine rings is 1. The van der Waals surface area contributed by atoms with E-state index in [1.54, 1.807) is 12.1 Å². The number of hydrogen-bond acceptors (Lipinski definition) is 5. The highest BCUT2D eigenvalue weighted by atomic mass is 32.2. The molecule has 1 aromatic heterocycles. The summed E-state index contributed by atoms with van der Waals surface area (Å²) in [6.45, 7) is 4.02. The zero-order valence-corrected chi connectivity index (χ0v) is 19.0. The second-order valence-electron chi connectivity index (χ2n) is 7.70. The number of hydrogen-bond donors (Lipinski definition) is 1. The average molecular weight is 464 g/mol. The van der Waals surface area contributed by atoms with E-state index < -0.39 is 17.0 Å². The van der Waals surface area contributed by atoms with Gasteiger partial charge in [0.1, 0.15) is 5.82 Å². The Morgan fingerprint density at radius 2 is 1.85 bits per heavy atom. The van der Waals surface area contributed by atoms with Gasteiger partial charge in [-0.1, -0.05) is 36.4 Å². The van der Waals surface area contributed by atoms with Crippen molar-refractivity contribution in [1.82, 2.24) is 15.2 Å². The number of imide groups is 1. The van der Waals surface area contributed by atoms with Gasteiger partial charge in [-0.3, -0.25) is 24.3 Å². The normalized spacial score (nSPS) is 15.0. The van der Waals surface area contributed by atoms with E-state index in [9.17, 15) is 18.8 Å². The number of benzene rings is 2. The highest BCUT2D eigenvalue weighted by Crippen LogP contribution is 2.32. The number of carbonyl (C=O) groups is 3. The van der Waals surface area contributed by atoms with E-state index in [0.717, 1.165) is 44.4 Å². The summed E-state index contributed by atoms with van der Waals surface area (Å²) in [6.07, 6.45) is 1.53. The highest BCUT2D eigenvalue weighted by Gasteiger charge is 2.34. The molecule has 0 aliphatic carbocycles. The monoisotopic (exact) mass is 463 g/mol. The fraction of sp³-hybridized carbons (Fsp3) is 0.200. The van der Waals surface area contributed by atoms with Crippen molar-refractivity contribution >= 4 is 45.8 Å². The lowest BCUT2D eigenvalue weighted by molar-refractivity contribution is -0.124. The van der Waals surface area contributed by atoms with E-state index in [1.807, 2.05) is 38.1 Å². The molecule has 1 aliphatic heterocycles. The van der Waals surface area contributed by atoms with Crippen LogP contribution in [0.5, 0.6) is 0 Å². The minimum Gasteiger partial charge on any atom is -0.354 e. The number of para-hydroxylation sites is 1. The summed E-state index contributed by atoms with van der Waals surface area (Å²) < 4.78 is 13.9. The second kappa shape index (κ2) is 9.54. The first-order valence-corrected chi connectivity index (χ1v) is 11.3. The van der Waals surface area contributed by atoms with Gasteiger partial charge in [0.2, 0.25) is 5.91 Å². The average Bonchev–Trinajstić information content (AvgIpc) is 3.05. The number of amides is 3. The van der Waals surface area contributed by atoms with Crippen LogP contribution in [0, 0.1) is 19.7 Å². The summed E-state index contributed by atoms with van der Waals surface area (Å²) in [6, 6.07) is 13.8. The van der Waals surface area contributed by atoms with Crippen molar-refractivity contribution in [2.75, 3.05) is 13.1 Å². The predicted octanol–water partition coefficient (Wildman–Crippen LogP) is 4.39. The standard InChI is InChI=1S/C25H22FN3O3S/c1-15-18-8-4-6-10-21(18)28-16(2)19(15)14-23(30)27-11-12-29-24(31)22(33-25(29)32)13-17-7-3-5-9-20(17)26/h3-10,13H,11-12,14H2,1-2H3,(H,27,30)/b22-13-. The first-order chi connectivity index (χ1) is 15.8. The van der Waals surface area contributed by atoms with Crippen LogP contribution in [0.1, 0.15) is 22.4 Å². The molecule has 0 unspecified atom stereocenters. The Labute approximate surface area is 194 Å². The van der Waals surface area contributed by atoms with Gasteiger partial charge < -0.3 is 5.32 Å². The molecule has 4 rings (SSSR count). The highest BCUT2D eigenvalue weighted by molar-refractivity contribution is 8.18. The SMILES string of the molecule is Cc1nc2ccccc2c(C)c1CC(=O)NCCN1C(=O)S/C(=C\c2ccccc2F)C1=O. The molecule has 1 fully saturated rings. The molecule has 1 N–H and O–H groups in total. The lowest BCUT2D eigenvalue weighted by Gasteiger charge is -2.15. The Morgan fingerprint density at radius 3 is 2.64 bits per heavy atom. The third-order valence-corrected chi connectivity index (χ3v) is 6.45. The number of thioether (sulfide) groups is 1. The van der Waals surface area contributed by atoms with E-state index in [-0.39, 0.29) is 35.9 Å². The molecule has 168 valence electrons. The molecule has 3 aromatic rings. The van der Waals surface area contributed by atoms with Crippen molar-refractivity contribution in [2.45, 2.75) is 20.3 Å². The quantitative estimate of drug-likeness (QED) is 0.549. The zero-order chi connectivity index (χ0) is 23.5. The van der Waals surface area contributed by atoms with E-state index in [1.165, 1.54) is 18.2 Å². The van der Waals surface area contributed by atoms with Crippen LogP contribution in [0.2, 0.25) is 0 Å². The summed E-state index contributed by atoms with van der Waals surface area (Å²) in [7, 11) is 0. The van der Waals surface area contributed by atoms with Gasteiger partial charge in [-0.2, -0.15) is 0 Å². The van der Waals surface area contributed by atoms with Crippen LogP contribution in [0.3, 0.4) is 0 Å². The van der Waals surface area contributed by atoms with Gasteiger partial charge >= 0.3 is 0 Å². The van der Waals surface area contributed by atoms with Gasteiger partial charge in [0.05, 0.1) is 16.8 Å². The third kappa shape index (κ3) is 4.80.